The van der Waals surface area contributed by atoms with Crippen LogP contribution < -0.4 is 0 Å². The first-order chi connectivity index (χ1) is 7.15. The number of carbonyl (C=O) groups is 1. The molecule has 1 saturated heterocycles. The van der Waals surface area contributed by atoms with Crippen LogP contribution in [0.5, 0.6) is 0 Å². The monoisotopic (exact) mass is 216 g/mol. The van der Waals surface area contributed by atoms with Gasteiger partial charge in [-0.1, -0.05) is 39.5 Å². The molecule has 2 heteroatoms. The minimum Gasteiger partial charge on any atom is -0.381 e. The van der Waals surface area contributed by atoms with Crippen molar-refractivity contribution in [1.29, 1.82) is 0 Å². The molecular weight excluding hydrogens is 188 g/mol. The Kier molecular flexibility index (Phi) is 18.3. The highest BCUT2D eigenvalue weighted by atomic mass is 16.5. The largest absolute Gasteiger partial charge is 0.381 e. The van der Waals surface area contributed by atoms with E-state index in [1.54, 1.807) is 0 Å². The van der Waals surface area contributed by atoms with E-state index < -0.39 is 0 Å². The maximum absolute atomic E-state index is 9.44. The van der Waals surface area contributed by atoms with Gasteiger partial charge in [0.1, 0.15) is 5.78 Å². The number of ether oxygens (including phenoxy) is 1. The van der Waals surface area contributed by atoms with Crippen LogP contribution in [0.3, 0.4) is 0 Å². The molecule has 1 rings (SSSR count). The van der Waals surface area contributed by atoms with Crippen molar-refractivity contribution in [2.24, 2.45) is 0 Å². The summed E-state index contributed by atoms with van der Waals surface area (Å²) >= 11 is 0. The molecule has 1 heterocycles. The second-order valence-electron chi connectivity index (χ2n) is 3.93. The van der Waals surface area contributed by atoms with Gasteiger partial charge < -0.3 is 9.53 Å². The fraction of sp³-hybridized carbons (Fsp3) is 0.923. The highest BCUT2D eigenvalue weighted by molar-refractivity contribution is 5.72. The van der Waals surface area contributed by atoms with E-state index in [2.05, 4.69) is 13.8 Å². The molecule has 0 bridgehead atoms. The van der Waals surface area contributed by atoms with Gasteiger partial charge in [-0.05, 0) is 26.7 Å². The summed E-state index contributed by atoms with van der Waals surface area (Å²) in [6, 6.07) is 0. The minimum atomic E-state index is 0.167. The molecule has 2 nitrogen and oxygen atoms in total. The number of carbonyl (C=O) groups excluding carboxylic acids is 1. The molecule has 1 fully saturated rings. The standard InChI is InChI=1S/C6H14.C4H8O.C3H6O/c1-3-5-6-4-2;1-2-4-5-3-1;1-3(2)4/h3-6H2,1-2H3;1-4H2;1-2H3. The fourth-order valence-corrected chi connectivity index (χ4v) is 1.01. The Labute approximate surface area is 95.4 Å². The molecular formula is C13H28O2. The molecule has 0 aromatic heterocycles. The lowest BCUT2D eigenvalue weighted by molar-refractivity contribution is -0.114. The van der Waals surface area contributed by atoms with Crippen molar-refractivity contribution in [3.05, 3.63) is 0 Å². The average molecular weight is 216 g/mol. The Balaban J connectivity index is 0. The van der Waals surface area contributed by atoms with Gasteiger partial charge in [-0.25, -0.2) is 0 Å². The van der Waals surface area contributed by atoms with E-state index in [0.29, 0.717) is 0 Å². The van der Waals surface area contributed by atoms with Gasteiger partial charge in [-0.3, -0.25) is 0 Å². The van der Waals surface area contributed by atoms with E-state index >= 15 is 0 Å². The lowest BCUT2D eigenvalue weighted by atomic mass is 10.2. The van der Waals surface area contributed by atoms with Crippen LogP contribution in [0.1, 0.15) is 66.2 Å². The predicted octanol–water partition coefficient (Wildman–Crippen LogP) is 3.98. The molecule has 0 spiro atoms. The van der Waals surface area contributed by atoms with Gasteiger partial charge in [-0.15, -0.1) is 0 Å². The van der Waals surface area contributed by atoms with Crippen LogP contribution in [0.25, 0.3) is 0 Å². The van der Waals surface area contributed by atoms with E-state index in [0.717, 1.165) is 13.2 Å². The van der Waals surface area contributed by atoms with Crippen LogP contribution in [-0.4, -0.2) is 19.0 Å². The molecule has 15 heavy (non-hydrogen) atoms. The molecule has 0 saturated carbocycles. The van der Waals surface area contributed by atoms with Gasteiger partial charge in [0.15, 0.2) is 0 Å². The summed E-state index contributed by atoms with van der Waals surface area (Å²) in [6.07, 6.45) is 8.09. The smallest absolute Gasteiger partial charge is 0.126 e. The quantitative estimate of drug-likeness (QED) is 0.667. The molecule has 1 aliphatic heterocycles. The maximum atomic E-state index is 9.44. The zero-order valence-corrected chi connectivity index (χ0v) is 11.0. The Bertz CT molecular complexity index is 102. The van der Waals surface area contributed by atoms with E-state index in [1.807, 2.05) is 0 Å². The Morgan fingerprint density at radius 2 is 1.33 bits per heavy atom. The summed E-state index contributed by atoms with van der Waals surface area (Å²) in [5.74, 6) is 0.167. The molecule has 0 N–H and O–H groups in total. The Morgan fingerprint density at radius 3 is 1.47 bits per heavy atom. The average Bonchev–Trinajstić information content (AvgIpc) is 2.71. The topological polar surface area (TPSA) is 26.3 Å². The highest BCUT2D eigenvalue weighted by Gasteiger charge is 1.94. The van der Waals surface area contributed by atoms with Crippen LogP contribution >= 0.6 is 0 Å². The van der Waals surface area contributed by atoms with Crippen LogP contribution in [0.2, 0.25) is 0 Å². The van der Waals surface area contributed by atoms with Crippen molar-refractivity contribution in [1.82, 2.24) is 0 Å². The molecule has 0 aromatic rings. The normalized spacial score (nSPS) is 13.3. The minimum absolute atomic E-state index is 0.167. The lowest BCUT2D eigenvalue weighted by Crippen LogP contribution is -1.74. The van der Waals surface area contributed by atoms with Gasteiger partial charge in [0.25, 0.3) is 0 Å². The summed E-state index contributed by atoms with van der Waals surface area (Å²) in [4.78, 5) is 9.44. The van der Waals surface area contributed by atoms with E-state index in [1.165, 1.54) is 52.4 Å². The first-order valence-electron chi connectivity index (χ1n) is 6.20. The number of unbranched alkanes of at least 4 members (excludes halogenated alkanes) is 3. The number of rotatable bonds is 3. The van der Waals surface area contributed by atoms with Crippen molar-refractivity contribution in [2.45, 2.75) is 66.2 Å². The second-order valence-corrected chi connectivity index (χ2v) is 3.93. The van der Waals surface area contributed by atoms with Gasteiger partial charge in [0.2, 0.25) is 0 Å². The Hall–Kier alpha value is -0.370. The first kappa shape index (κ1) is 17.0. The molecule has 1 aliphatic rings. The van der Waals surface area contributed by atoms with E-state index in [9.17, 15) is 4.79 Å². The Morgan fingerprint density at radius 1 is 1.00 bits per heavy atom. The summed E-state index contributed by atoms with van der Waals surface area (Å²) < 4.78 is 4.94. The SMILES string of the molecule is C1CCOC1.CC(C)=O.CCCCCC. The van der Waals surface area contributed by atoms with Crippen molar-refractivity contribution in [3.63, 3.8) is 0 Å². The third kappa shape index (κ3) is 31.7. The molecule has 0 aliphatic carbocycles. The molecule has 0 amide bonds. The zero-order valence-electron chi connectivity index (χ0n) is 11.0. The third-order valence-corrected chi connectivity index (χ3v) is 1.78. The number of hydrogen-bond acceptors (Lipinski definition) is 2. The highest BCUT2D eigenvalue weighted by Crippen LogP contribution is 1.98. The van der Waals surface area contributed by atoms with Gasteiger partial charge in [0.05, 0.1) is 0 Å². The zero-order chi connectivity index (χ0) is 11.9. The van der Waals surface area contributed by atoms with Crippen molar-refractivity contribution in [2.75, 3.05) is 13.2 Å². The van der Waals surface area contributed by atoms with Crippen LogP contribution in [0.15, 0.2) is 0 Å². The first-order valence-corrected chi connectivity index (χ1v) is 6.20. The molecule has 92 valence electrons. The summed E-state index contributed by atoms with van der Waals surface area (Å²) in [7, 11) is 0. The molecule has 0 atom stereocenters. The van der Waals surface area contributed by atoms with Crippen LogP contribution in [0, 0.1) is 0 Å². The fourth-order valence-electron chi connectivity index (χ4n) is 1.01. The second kappa shape index (κ2) is 16.1. The predicted molar refractivity (Wildman–Crippen MR) is 66.2 cm³/mol. The molecule has 0 unspecified atom stereocenters. The molecule has 0 radical (unpaired) electrons. The van der Waals surface area contributed by atoms with E-state index in [4.69, 9.17) is 4.74 Å². The van der Waals surface area contributed by atoms with E-state index in [-0.39, 0.29) is 5.78 Å². The maximum Gasteiger partial charge on any atom is 0.126 e. The summed E-state index contributed by atoms with van der Waals surface area (Å²) in [5.41, 5.74) is 0. The van der Waals surface area contributed by atoms with Crippen molar-refractivity contribution < 1.29 is 9.53 Å². The summed E-state index contributed by atoms with van der Waals surface area (Å²) in [6.45, 7) is 9.52. The number of hydrogen-bond donors (Lipinski definition) is 0. The van der Waals surface area contributed by atoms with Crippen LogP contribution in [0.4, 0.5) is 0 Å². The van der Waals surface area contributed by atoms with Gasteiger partial charge >= 0.3 is 0 Å². The van der Waals surface area contributed by atoms with Gasteiger partial charge in [0, 0.05) is 13.2 Å². The van der Waals surface area contributed by atoms with Gasteiger partial charge in [-0.2, -0.15) is 0 Å². The lowest BCUT2D eigenvalue weighted by Gasteiger charge is -1.86. The van der Waals surface area contributed by atoms with Crippen molar-refractivity contribution in [3.8, 4) is 0 Å². The molecule has 0 aromatic carbocycles. The summed E-state index contributed by atoms with van der Waals surface area (Å²) in [5, 5.41) is 0. The van der Waals surface area contributed by atoms with Crippen LogP contribution in [-0.2, 0) is 9.53 Å². The number of Topliss-reactive ketones (excluding diaryl/α,β-unsaturated/α-hetero) is 1. The van der Waals surface area contributed by atoms with Crippen molar-refractivity contribution >= 4 is 5.78 Å². The number of ketones is 1. The third-order valence-electron chi connectivity index (χ3n) is 1.78.